The lowest BCUT2D eigenvalue weighted by Crippen LogP contribution is -2.22. The molecule has 1 aliphatic carbocycles. The fourth-order valence-electron chi connectivity index (χ4n) is 3.51. The number of alkyl halides is 3. The summed E-state index contributed by atoms with van der Waals surface area (Å²) >= 11 is 1.58. The molecule has 0 radical (unpaired) electrons. The van der Waals surface area contributed by atoms with Gasteiger partial charge in [-0.25, -0.2) is 4.79 Å². The zero-order chi connectivity index (χ0) is 29.8. The first-order valence-electron chi connectivity index (χ1n) is 12.2. The summed E-state index contributed by atoms with van der Waals surface area (Å²) < 4.78 is 31.7. The highest BCUT2D eigenvalue weighted by molar-refractivity contribution is 7.09. The van der Waals surface area contributed by atoms with Crippen molar-refractivity contribution < 1.29 is 37.5 Å². The number of aromatic nitrogens is 2. The van der Waals surface area contributed by atoms with E-state index in [2.05, 4.69) is 26.1 Å². The molecule has 4 aromatic rings. The summed E-state index contributed by atoms with van der Waals surface area (Å²) in [6.07, 6.45) is -3.29. The van der Waals surface area contributed by atoms with Crippen LogP contribution in [0.15, 0.2) is 60.0 Å². The van der Waals surface area contributed by atoms with Gasteiger partial charge in [-0.1, -0.05) is 13.0 Å². The van der Waals surface area contributed by atoms with Gasteiger partial charge in [-0.3, -0.25) is 19.5 Å². The van der Waals surface area contributed by atoms with Crippen LogP contribution >= 0.6 is 11.3 Å². The monoisotopic (exact) mass is 587 g/mol. The van der Waals surface area contributed by atoms with Crippen molar-refractivity contribution in [1.82, 2.24) is 15.5 Å². The average Bonchev–Trinajstić information content (AvgIpc) is 3.31. The number of fused-ring (bicyclic) bond motifs is 1. The normalized spacial score (nSPS) is 13.5. The van der Waals surface area contributed by atoms with Gasteiger partial charge in [0.2, 0.25) is 5.91 Å². The zero-order valence-corrected chi connectivity index (χ0v) is 22.3. The van der Waals surface area contributed by atoms with E-state index in [4.69, 9.17) is 9.90 Å². The minimum Gasteiger partial charge on any atom is -0.475 e. The van der Waals surface area contributed by atoms with Gasteiger partial charge in [-0.15, -0.1) is 11.3 Å². The standard InChI is InChI=1S/C25H23N5O3S.C2HF3O2/c1-25(10-11-25)24(33)27-17-7-4-15(5-8-17)23(32)28-21-19-13-16(6-9-20(19)29-30-21)22(31)26-14-18-3-2-12-34-18;3-2(4,5)1(6)7/h2-9,12-13H,10-11,14H2,1H3,(H,26,31)(H,27,33)(H2,28,29,30,32);(H,6,7). The molecule has 0 atom stereocenters. The number of benzene rings is 2. The Labute approximate surface area is 235 Å². The number of halogens is 3. The van der Waals surface area contributed by atoms with E-state index < -0.39 is 12.1 Å². The van der Waals surface area contributed by atoms with E-state index in [0.717, 1.165) is 17.7 Å². The molecule has 1 saturated carbocycles. The lowest BCUT2D eigenvalue weighted by molar-refractivity contribution is -0.192. The first-order chi connectivity index (χ1) is 19.4. The van der Waals surface area contributed by atoms with Crippen molar-refractivity contribution in [3.8, 4) is 0 Å². The smallest absolute Gasteiger partial charge is 0.475 e. The Balaban J connectivity index is 0.000000493. The summed E-state index contributed by atoms with van der Waals surface area (Å²) in [6, 6.07) is 15.8. The zero-order valence-electron chi connectivity index (χ0n) is 21.5. The first-order valence-corrected chi connectivity index (χ1v) is 13.1. The van der Waals surface area contributed by atoms with Crippen LogP contribution in [0, 0.1) is 5.41 Å². The van der Waals surface area contributed by atoms with Gasteiger partial charge in [0, 0.05) is 32.5 Å². The van der Waals surface area contributed by atoms with Gasteiger partial charge in [0.25, 0.3) is 11.8 Å². The number of anilines is 2. The number of carboxylic acids is 1. The Kier molecular flexibility index (Phi) is 8.42. The largest absolute Gasteiger partial charge is 0.490 e. The van der Waals surface area contributed by atoms with Gasteiger partial charge in [-0.2, -0.15) is 18.3 Å². The number of nitrogens with zero attached hydrogens (tertiary/aromatic N) is 1. The Morgan fingerprint density at radius 2 is 1.66 bits per heavy atom. The highest BCUT2D eigenvalue weighted by Gasteiger charge is 2.44. The van der Waals surface area contributed by atoms with Crippen molar-refractivity contribution in [2.45, 2.75) is 32.5 Å². The fraction of sp³-hybridized carbons (Fsp3) is 0.222. The van der Waals surface area contributed by atoms with Crippen molar-refractivity contribution in [1.29, 1.82) is 0 Å². The molecule has 3 amide bonds. The number of thiophene rings is 1. The first kappa shape index (κ1) is 29.3. The molecule has 2 aromatic heterocycles. The molecule has 0 saturated heterocycles. The minimum absolute atomic E-state index is 0.00271. The molecule has 10 nitrogen and oxygen atoms in total. The van der Waals surface area contributed by atoms with E-state index in [1.165, 1.54) is 0 Å². The third-order valence-electron chi connectivity index (χ3n) is 6.26. The van der Waals surface area contributed by atoms with Gasteiger partial charge in [0.05, 0.1) is 12.1 Å². The number of carbonyl (C=O) groups is 4. The quantitative estimate of drug-likeness (QED) is 0.201. The van der Waals surface area contributed by atoms with Gasteiger partial charge in [-0.05, 0) is 66.8 Å². The van der Waals surface area contributed by atoms with Crippen LogP contribution in [0.5, 0.6) is 0 Å². The van der Waals surface area contributed by atoms with Gasteiger partial charge in [0.15, 0.2) is 5.82 Å². The summed E-state index contributed by atoms with van der Waals surface area (Å²) in [6.45, 7) is 2.40. The highest BCUT2D eigenvalue weighted by atomic mass is 32.1. The fourth-order valence-corrected chi connectivity index (χ4v) is 4.16. The SMILES string of the molecule is CC1(C(=O)Nc2ccc(C(=O)Nc3n[nH]c4ccc(C(=O)NCc5cccs5)cc34)cc2)CC1.O=C(O)C(F)(F)F. The van der Waals surface area contributed by atoms with Crippen molar-refractivity contribution in [3.63, 3.8) is 0 Å². The number of nitrogens with one attached hydrogen (secondary N) is 4. The maximum atomic E-state index is 12.8. The Morgan fingerprint density at radius 1 is 1.00 bits per heavy atom. The number of aromatic amines is 1. The van der Waals surface area contributed by atoms with Crippen LogP contribution < -0.4 is 16.0 Å². The van der Waals surface area contributed by atoms with Crippen LogP contribution in [0.2, 0.25) is 0 Å². The Bertz CT molecular complexity index is 1580. The minimum atomic E-state index is -5.08. The maximum Gasteiger partial charge on any atom is 0.490 e. The molecule has 214 valence electrons. The molecule has 1 aliphatic rings. The third-order valence-corrected chi connectivity index (χ3v) is 7.13. The second kappa shape index (κ2) is 11.8. The van der Waals surface area contributed by atoms with Gasteiger partial charge < -0.3 is 21.1 Å². The van der Waals surface area contributed by atoms with E-state index in [1.54, 1.807) is 53.8 Å². The lowest BCUT2D eigenvalue weighted by atomic mass is 10.1. The van der Waals surface area contributed by atoms with Crippen molar-refractivity contribution >= 4 is 57.4 Å². The summed E-state index contributed by atoms with van der Waals surface area (Å²) in [4.78, 5) is 47.5. The summed E-state index contributed by atoms with van der Waals surface area (Å²) in [5.74, 6) is -2.96. The molecule has 41 heavy (non-hydrogen) atoms. The summed E-state index contributed by atoms with van der Waals surface area (Å²) in [7, 11) is 0. The average molecular weight is 588 g/mol. The van der Waals surface area contributed by atoms with Crippen molar-refractivity contribution in [3.05, 3.63) is 76.0 Å². The van der Waals surface area contributed by atoms with Gasteiger partial charge >= 0.3 is 12.1 Å². The molecule has 1 fully saturated rings. The Hall–Kier alpha value is -4.72. The topological polar surface area (TPSA) is 153 Å². The number of carbonyl (C=O) groups excluding carboxylic acids is 3. The molecule has 0 bridgehead atoms. The second-order valence-corrected chi connectivity index (χ2v) is 10.5. The number of hydrogen-bond donors (Lipinski definition) is 5. The van der Waals surface area contributed by atoms with E-state index in [-0.39, 0.29) is 23.1 Å². The molecule has 5 N–H and O–H groups in total. The third kappa shape index (κ3) is 7.48. The van der Waals surface area contributed by atoms with Gasteiger partial charge in [0.1, 0.15) is 0 Å². The van der Waals surface area contributed by atoms with Crippen molar-refractivity contribution in [2.75, 3.05) is 10.6 Å². The number of H-pyrrole nitrogens is 1. The Morgan fingerprint density at radius 3 is 2.24 bits per heavy atom. The molecule has 2 heterocycles. The number of carboxylic acid groups (broad SMARTS) is 1. The van der Waals surface area contributed by atoms with Crippen molar-refractivity contribution in [2.24, 2.45) is 5.41 Å². The molecule has 2 aromatic carbocycles. The summed E-state index contributed by atoms with van der Waals surface area (Å²) in [5.41, 5.74) is 1.99. The van der Waals surface area contributed by atoms with E-state index >= 15 is 0 Å². The molecule has 5 rings (SSSR count). The molecular formula is C27H24F3N5O5S. The predicted molar refractivity (Wildman–Crippen MR) is 146 cm³/mol. The van der Waals surface area contributed by atoms with E-state index in [1.807, 2.05) is 24.4 Å². The van der Waals surface area contributed by atoms with E-state index in [0.29, 0.717) is 40.1 Å². The molecule has 0 aliphatic heterocycles. The number of hydrogen-bond acceptors (Lipinski definition) is 6. The lowest BCUT2D eigenvalue weighted by Gasteiger charge is -2.10. The predicted octanol–water partition coefficient (Wildman–Crippen LogP) is 5.18. The number of rotatable bonds is 7. The summed E-state index contributed by atoms with van der Waals surface area (Å²) in [5, 5.41) is 25.4. The molecule has 0 spiro atoms. The molecule has 14 heteroatoms. The number of aliphatic carboxylic acids is 1. The number of amides is 3. The second-order valence-electron chi connectivity index (χ2n) is 9.44. The molecule has 0 unspecified atom stereocenters. The highest BCUT2D eigenvalue weighted by Crippen LogP contribution is 2.45. The van der Waals surface area contributed by atoms with Crippen LogP contribution in [0.25, 0.3) is 10.9 Å². The van der Waals surface area contributed by atoms with Crippen LogP contribution in [-0.2, 0) is 16.1 Å². The van der Waals surface area contributed by atoms with Crippen LogP contribution in [0.1, 0.15) is 45.4 Å². The molecular weight excluding hydrogens is 563 g/mol. The van der Waals surface area contributed by atoms with E-state index in [9.17, 15) is 27.6 Å². The van der Waals surface area contributed by atoms with Crippen LogP contribution in [0.4, 0.5) is 24.7 Å². The van der Waals surface area contributed by atoms with Crippen LogP contribution in [0.3, 0.4) is 0 Å². The van der Waals surface area contributed by atoms with Crippen LogP contribution in [-0.4, -0.2) is 45.2 Å². The maximum absolute atomic E-state index is 12.8.